The molecule has 3 rings (SSSR count). The van der Waals surface area contributed by atoms with Gasteiger partial charge in [0.05, 0.1) is 6.61 Å². The van der Waals surface area contributed by atoms with Gasteiger partial charge in [-0.2, -0.15) is 0 Å². The Balaban J connectivity index is 2.22. The van der Waals surface area contributed by atoms with Crippen molar-refractivity contribution in [1.29, 1.82) is 0 Å². The lowest BCUT2D eigenvalue weighted by Gasteiger charge is -2.25. The van der Waals surface area contributed by atoms with Crippen molar-refractivity contribution >= 4 is 11.8 Å². The molecule has 29 heavy (non-hydrogen) atoms. The Bertz CT molecular complexity index is 947. The quantitative estimate of drug-likeness (QED) is 0.408. The number of aliphatic hydroxyl groups is 1. The fourth-order valence-electron chi connectivity index (χ4n) is 3.81. The summed E-state index contributed by atoms with van der Waals surface area (Å²) < 4.78 is 13.6. The van der Waals surface area contributed by atoms with E-state index in [-0.39, 0.29) is 12.4 Å². The van der Waals surface area contributed by atoms with Crippen molar-refractivity contribution in [2.45, 2.75) is 56.8 Å². The molecule has 3 heteroatoms. The van der Waals surface area contributed by atoms with E-state index in [0.717, 1.165) is 22.4 Å². The van der Waals surface area contributed by atoms with Crippen LogP contribution in [0, 0.1) is 5.82 Å². The van der Waals surface area contributed by atoms with Crippen LogP contribution in [0.5, 0.6) is 0 Å². The number of hydrogen-bond acceptors (Lipinski definition) is 2. The molecule has 0 amide bonds. The second kappa shape index (κ2) is 9.60. The Labute approximate surface area is 178 Å². The maximum absolute atomic E-state index is 13.6. The van der Waals surface area contributed by atoms with Gasteiger partial charge in [0.1, 0.15) is 5.82 Å². The average molecular weight is 409 g/mol. The van der Waals surface area contributed by atoms with Gasteiger partial charge in [0, 0.05) is 10.6 Å². The van der Waals surface area contributed by atoms with Crippen LogP contribution < -0.4 is 0 Å². The number of halogens is 1. The van der Waals surface area contributed by atoms with Crippen molar-refractivity contribution in [3.8, 4) is 11.1 Å². The van der Waals surface area contributed by atoms with E-state index in [1.165, 1.54) is 33.7 Å². The van der Waals surface area contributed by atoms with Crippen molar-refractivity contribution in [2.75, 3.05) is 0 Å². The van der Waals surface area contributed by atoms with Gasteiger partial charge in [-0.15, -0.1) is 11.8 Å². The second-order valence-corrected chi connectivity index (χ2v) is 9.01. The molecule has 152 valence electrons. The Kier molecular flexibility index (Phi) is 7.15. The van der Waals surface area contributed by atoms with E-state index < -0.39 is 0 Å². The fraction of sp³-hybridized carbons (Fsp3) is 0.308. The molecule has 1 N–H and O–H groups in total. The normalized spacial score (nSPS) is 11.4. The summed E-state index contributed by atoms with van der Waals surface area (Å²) in [5, 5.41) is 10.3. The number of hydrogen-bond donors (Lipinski definition) is 1. The van der Waals surface area contributed by atoms with Gasteiger partial charge < -0.3 is 5.11 Å². The molecule has 0 aromatic heterocycles. The van der Waals surface area contributed by atoms with Crippen molar-refractivity contribution < 1.29 is 9.50 Å². The lowest BCUT2D eigenvalue weighted by atomic mass is 9.82. The molecule has 0 saturated heterocycles. The smallest absolute Gasteiger partial charge is 0.123 e. The fourth-order valence-corrected chi connectivity index (χ4v) is 4.78. The molecule has 0 unspecified atom stereocenters. The van der Waals surface area contributed by atoms with Gasteiger partial charge in [-0.1, -0.05) is 64.1 Å². The second-order valence-electron chi connectivity index (χ2n) is 7.96. The maximum Gasteiger partial charge on any atom is 0.123 e. The van der Waals surface area contributed by atoms with Crippen LogP contribution in [-0.4, -0.2) is 5.11 Å². The highest BCUT2D eigenvalue weighted by Crippen LogP contribution is 2.41. The molecule has 1 nitrogen and oxygen atoms in total. The molecule has 0 saturated carbocycles. The Hall–Kier alpha value is -2.10. The van der Waals surface area contributed by atoms with E-state index in [1.54, 1.807) is 11.8 Å². The van der Waals surface area contributed by atoms with Crippen LogP contribution in [0.2, 0.25) is 0 Å². The summed E-state index contributed by atoms with van der Waals surface area (Å²) in [6.07, 6.45) is 0. The van der Waals surface area contributed by atoms with Crippen LogP contribution in [0.3, 0.4) is 0 Å². The van der Waals surface area contributed by atoms with Crippen molar-refractivity contribution in [3.05, 3.63) is 88.7 Å². The van der Waals surface area contributed by atoms with Crippen LogP contribution in [0.4, 0.5) is 4.39 Å². The molecular formula is C26H29FOS. The molecular weight excluding hydrogens is 379 g/mol. The molecule has 0 heterocycles. The highest BCUT2D eigenvalue weighted by Gasteiger charge is 2.22. The highest BCUT2D eigenvalue weighted by atomic mass is 32.2. The third-order valence-corrected chi connectivity index (χ3v) is 6.31. The predicted octanol–water partition coefficient (Wildman–Crippen LogP) is 7.52. The number of rotatable bonds is 7. The minimum absolute atomic E-state index is 0.0262. The Morgan fingerprint density at radius 2 is 1.41 bits per heavy atom. The summed E-state index contributed by atoms with van der Waals surface area (Å²) in [5.41, 5.74) is 6.68. The predicted molar refractivity (Wildman–Crippen MR) is 122 cm³/mol. The van der Waals surface area contributed by atoms with Crippen LogP contribution in [0.15, 0.2) is 65.6 Å². The molecule has 3 aromatic rings. The van der Waals surface area contributed by atoms with Gasteiger partial charge in [-0.25, -0.2) is 4.39 Å². The minimum atomic E-state index is -0.247. The van der Waals surface area contributed by atoms with Crippen molar-refractivity contribution in [1.82, 2.24) is 0 Å². The Morgan fingerprint density at radius 1 is 0.828 bits per heavy atom. The Morgan fingerprint density at radius 3 is 1.97 bits per heavy atom. The zero-order valence-corrected chi connectivity index (χ0v) is 18.4. The third-order valence-electron chi connectivity index (χ3n) is 5.27. The van der Waals surface area contributed by atoms with Gasteiger partial charge >= 0.3 is 0 Å². The van der Waals surface area contributed by atoms with Crippen LogP contribution in [-0.2, 0) is 12.4 Å². The summed E-state index contributed by atoms with van der Waals surface area (Å²) in [6.45, 7) is 8.71. The van der Waals surface area contributed by atoms with Crippen molar-refractivity contribution in [2.24, 2.45) is 0 Å². The van der Waals surface area contributed by atoms with E-state index in [4.69, 9.17) is 0 Å². The van der Waals surface area contributed by atoms with Crippen LogP contribution in [0.1, 0.15) is 61.8 Å². The molecule has 0 bridgehead atoms. The van der Waals surface area contributed by atoms with E-state index >= 15 is 0 Å². The van der Waals surface area contributed by atoms with Crippen LogP contribution >= 0.6 is 11.8 Å². The van der Waals surface area contributed by atoms with E-state index in [9.17, 15) is 9.50 Å². The standard InChI is InChI=1S/C26H29FOS/c1-17(2)22-14-23(18(3)4)25(16-29-21-8-6-5-7-9-21)26(24(22)15-28)19-10-12-20(27)13-11-19/h5-14,17-18,28H,15-16H2,1-4H3. The molecule has 0 atom stereocenters. The topological polar surface area (TPSA) is 20.2 Å². The van der Waals surface area contributed by atoms with Gasteiger partial charge in [0.2, 0.25) is 0 Å². The summed E-state index contributed by atoms with van der Waals surface area (Å²) in [5.74, 6) is 1.20. The molecule has 0 aliphatic carbocycles. The molecule has 3 aromatic carbocycles. The van der Waals surface area contributed by atoms with Crippen molar-refractivity contribution in [3.63, 3.8) is 0 Å². The molecule has 0 aliphatic rings. The largest absolute Gasteiger partial charge is 0.392 e. The van der Waals surface area contributed by atoms with E-state index in [1.807, 2.05) is 30.3 Å². The first-order chi connectivity index (χ1) is 13.9. The maximum atomic E-state index is 13.6. The van der Waals surface area contributed by atoms with Gasteiger partial charge in [0.15, 0.2) is 0 Å². The first kappa shape index (κ1) is 21.6. The average Bonchev–Trinajstić information content (AvgIpc) is 2.72. The number of aliphatic hydroxyl groups excluding tert-OH is 1. The summed E-state index contributed by atoms with van der Waals surface area (Å²) in [4.78, 5) is 1.21. The summed E-state index contributed by atoms with van der Waals surface area (Å²) >= 11 is 1.79. The molecule has 0 spiro atoms. The van der Waals surface area contributed by atoms with Gasteiger partial charge in [-0.3, -0.25) is 0 Å². The monoisotopic (exact) mass is 408 g/mol. The van der Waals surface area contributed by atoms with Crippen LogP contribution in [0.25, 0.3) is 11.1 Å². The molecule has 0 fully saturated rings. The van der Waals surface area contributed by atoms with Gasteiger partial charge in [0.25, 0.3) is 0 Å². The van der Waals surface area contributed by atoms with E-state index in [2.05, 4.69) is 45.9 Å². The zero-order valence-electron chi connectivity index (χ0n) is 17.6. The highest BCUT2D eigenvalue weighted by molar-refractivity contribution is 7.98. The first-order valence-corrected chi connectivity index (χ1v) is 11.1. The first-order valence-electron chi connectivity index (χ1n) is 10.2. The third kappa shape index (κ3) is 4.91. The SMILES string of the molecule is CC(C)c1cc(C(C)C)c(CSc2ccccc2)c(-c2ccc(F)cc2)c1CO. The summed E-state index contributed by atoms with van der Waals surface area (Å²) in [7, 11) is 0. The summed E-state index contributed by atoms with van der Waals surface area (Å²) in [6, 6.07) is 19.3. The lowest BCUT2D eigenvalue weighted by Crippen LogP contribution is -2.08. The lowest BCUT2D eigenvalue weighted by molar-refractivity contribution is 0.280. The zero-order chi connectivity index (χ0) is 21.0. The molecule has 0 aliphatic heterocycles. The molecule has 0 radical (unpaired) electrons. The minimum Gasteiger partial charge on any atom is -0.392 e. The van der Waals surface area contributed by atoms with E-state index in [0.29, 0.717) is 11.8 Å². The van der Waals surface area contributed by atoms with Gasteiger partial charge in [-0.05, 0) is 69.5 Å². The number of thioether (sulfide) groups is 1. The number of benzene rings is 3.